The predicted molar refractivity (Wildman–Crippen MR) is 45.7 cm³/mol. The van der Waals surface area contributed by atoms with Gasteiger partial charge in [0.25, 0.3) is 0 Å². The molecule has 12 heavy (non-hydrogen) atoms. The molecule has 1 heterocycles. The van der Waals surface area contributed by atoms with Crippen molar-refractivity contribution in [3.8, 4) is 0 Å². The molecule has 1 aliphatic carbocycles. The molecule has 0 spiro atoms. The fraction of sp³-hybridized carbons (Fsp3) is 0.778. The summed E-state index contributed by atoms with van der Waals surface area (Å²) in [6.45, 7) is 2.13. The normalized spacial score (nSPS) is 26.5. The van der Waals surface area contributed by atoms with E-state index in [2.05, 4.69) is 5.32 Å². The lowest BCUT2D eigenvalue weighted by Crippen LogP contribution is -2.29. The van der Waals surface area contributed by atoms with Gasteiger partial charge in [-0.05, 0) is 12.8 Å². The molecule has 0 aromatic carbocycles. The van der Waals surface area contributed by atoms with Crippen LogP contribution in [-0.2, 0) is 0 Å². The van der Waals surface area contributed by atoms with Gasteiger partial charge in [0.15, 0.2) is 0 Å². The van der Waals surface area contributed by atoms with Crippen LogP contribution in [0.25, 0.3) is 0 Å². The van der Waals surface area contributed by atoms with Crippen molar-refractivity contribution in [1.29, 1.82) is 0 Å². The molecule has 3 N–H and O–H groups in total. The van der Waals surface area contributed by atoms with E-state index in [4.69, 9.17) is 10.2 Å². The number of rotatable bonds is 2. The van der Waals surface area contributed by atoms with Gasteiger partial charge in [-0.1, -0.05) is 11.1 Å². The first-order valence-corrected chi connectivity index (χ1v) is 4.42. The van der Waals surface area contributed by atoms with Crippen LogP contribution >= 0.6 is 0 Å². The first-order chi connectivity index (χ1) is 5.79. The van der Waals surface area contributed by atoms with Gasteiger partial charge in [-0.25, -0.2) is 0 Å². The molecule has 2 rings (SSSR count). The standard InChI is InChI=1S/C9H15NO2/c11-5-9(6-12)1-7-3-10-4-8(7)2-9/h10-12H,1-6H2. The molecule has 0 unspecified atom stereocenters. The molecule has 1 aliphatic heterocycles. The molecule has 68 valence electrons. The molecule has 0 saturated carbocycles. The summed E-state index contributed by atoms with van der Waals surface area (Å²) in [5.74, 6) is 0. The summed E-state index contributed by atoms with van der Waals surface area (Å²) in [4.78, 5) is 0. The number of hydrogen-bond donors (Lipinski definition) is 3. The zero-order chi connectivity index (χ0) is 8.60. The molecule has 0 atom stereocenters. The van der Waals surface area contributed by atoms with Crippen LogP contribution in [0.2, 0.25) is 0 Å². The van der Waals surface area contributed by atoms with Gasteiger partial charge in [0, 0.05) is 18.5 Å². The predicted octanol–water partition coefficient (Wildman–Crippen LogP) is -0.349. The van der Waals surface area contributed by atoms with Crippen LogP contribution < -0.4 is 5.32 Å². The summed E-state index contributed by atoms with van der Waals surface area (Å²) < 4.78 is 0. The van der Waals surface area contributed by atoms with E-state index in [1.165, 1.54) is 11.1 Å². The van der Waals surface area contributed by atoms with E-state index in [9.17, 15) is 0 Å². The van der Waals surface area contributed by atoms with Gasteiger partial charge in [0.1, 0.15) is 0 Å². The van der Waals surface area contributed by atoms with Crippen molar-refractivity contribution in [3.05, 3.63) is 11.1 Å². The van der Waals surface area contributed by atoms with Gasteiger partial charge >= 0.3 is 0 Å². The first kappa shape index (κ1) is 8.23. The van der Waals surface area contributed by atoms with Gasteiger partial charge in [-0.3, -0.25) is 0 Å². The average Bonchev–Trinajstić information content (AvgIpc) is 2.61. The minimum absolute atomic E-state index is 0.108. The largest absolute Gasteiger partial charge is 0.396 e. The maximum absolute atomic E-state index is 9.16. The maximum Gasteiger partial charge on any atom is 0.0515 e. The smallest absolute Gasteiger partial charge is 0.0515 e. The summed E-state index contributed by atoms with van der Waals surface area (Å²) in [7, 11) is 0. The molecule has 0 saturated heterocycles. The third-order valence-electron chi connectivity index (χ3n) is 3.02. The number of hydrogen-bond acceptors (Lipinski definition) is 3. The lowest BCUT2D eigenvalue weighted by Gasteiger charge is -2.25. The van der Waals surface area contributed by atoms with Gasteiger partial charge in [-0.15, -0.1) is 0 Å². The highest BCUT2D eigenvalue weighted by Gasteiger charge is 2.38. The third kappa shape index (κ3) is 1.09. The Labute approximate surface area is 72.1 Å². The van der Waals surface area contributed by atoms with E-state index in [0.717, 1.165) is 25.9 Å². The van der Waals surface area contributed by atoms with E-state index in [1.807, 2.05) is 0 Å². The molecule has 0 amide bonds. The molecule has 0 aromatic rings. The van der Waals surface area contributed by atoms with E-state index >= 15 is 0 Å². The Hall–Kier alpha value is -0.380. The van der Waals surface area contributed by atoms with Crippen LogP contribution in [0.3, 0.4) is 0 Å². The Morgan fingerprint density at radius 1 is 1.08 bits per heavy atom. The highest BCUT2D eigenvalue weighted by Crippen LogP contribution is 2.42. The Balaban J connectivity index is 2.10. The summed E-state index contributed by atoms with van der Waals surface area (Å²) in [5, 5.41) is 21.6. The van der Waals surface area contributed by atoms with Crippen LogP contribution in [0.4, 0.5) is 0 Å². The Morgan fingerprint density at radius 3 is 2.00 bits per heavy atom. The van der Waals surface area contributed by atoms with Crippen molar-refractivity contribution in [2.45, 2.75) is 12.8 Å². The van der Waals surface area contributed by atoms with Crippen LogP contribution in [0.5, 0.6) is 0 Å². The Kier molecular flexibility index (Phi) is 1.94. The van der Waals surface area contributed by atoms with E-state index < -0.39 is 0 Å². The second-order valence-electron chi connectivity index (χ2n) is 3.98. The van der Waals surface area contributed by atoms with Gasteiger partial charge < -0.3 is 15.5 Å². The van der Waals surface area contributed by atoms with Gasteiger partial charge in [0.2, 0.25) is 0 Å². The topological polar surface area (TPSA) is 52.5 Å². The first-order valence-electron chi connectivity index (χ1n) is 4.42. The number of aliphatic hydroxyl groups is 2. The van der Waals surface area contributed by atoms with E-state index in [0.29, 0.717) is 0 Å². The molecule has 0 radical (unpaired) electrons. The number of nitrogens with one attached hydrogen (secondary N) is 1. The van der Waals surface area contributed by atoms with Crippen LogP contribution in [0.15, 0.2) is 11.1 Å². The molecule has 0 bridgehead atoms. The van der Waals surface area contributed by atoms with Crippen LogP contribution in [-0.4, -0.2) is 36.5 Å². The quantitative estimate of drug-likeness (QED) is 0.495. The van der Waals surface area contributed by atoms with Crippen molar-refractivity contribution in [2.75, 3.05) is 26.3 Å². The van der Waals surface area contributed by atoms with Crippen molar-refractivity contribution in [3.63, 3.8) is 0 Å². The Bertz CT molecular complexity index is 201. The second-order valence-corrected chi connectivity index (χ2v) is 3.98. The lowest BCUT2D eigenvalue weighted by molar-refractivity contribution is 0.0617. The summed E-state index contributed by atoms with van der Waals surface area (Å²) >= 11 is 0. The molecule has 2 aliphatic rings. The Morgan fingerprint density at radius 2 is 1.58 bits per heavy atom. The molecule has 3 heteroatoms. The molecule has 0 fully saturated rings. The minimum atomic E-state index is -0.229. The lowest BCUT2D eigenvalue weighted by atomic mass is 9.85. The van der Waals surface area contributed by atoms with Crippen LogP contribution in [0, 0.1) is 5.41 Å². The third-order valence-corrected chi connectivity index (χ3v) is 3.02. The fourth-order valence-corrected chi connectivity index (χ4v) is 2.23. The summed E-state index contributed by atoms with van der Waals surface area (Å²) in [6.07, 6.45) is 1.75. The van der Waals surface area contributed by atoms with Crippen molar-refractivity contribution < 1.29 is 10.2 Å². The highest BCUT2D eigenvalue weighted by atomic mass is 16.3. The molecule has 3 nitrogen and oxygen atoms in total. The number of aliphatic hydroxyl groups excluding tert-OH is 2. The molecular weight excluding hydrogens is 154 g/mol. The van der Waals surface area contributed by atoms with E-state index in [1.54, 1.807) is 0 Å². The SMILES string of the molecule is OCC1(CO)CC2=C(CNC2)C1. The molecular formula is C9H15NO2. The van der Waals surface area contributed by atoms with Crippen molar-refractivity contribution in [1.82, 2.24) is 5.32 Å². The van der Waals surface area contributed by atoms with Crippen molar-refractivity contribution in [2.24, 2.45) is 5.41 Å². The van der Waals surface area contributed by atoms with Crippen LogP contribution in [0.1, 0.15) is 12.8 Å². The summed E-state index contributed by atoms with van der Waals surface area (Å²) in [6, 6.07) is 0. The second kappa shape index (κ2) is 2.83. The monoisotopic (exact) mass is 169 g/mol. The average molecular weight is 169 g/mol. The zero-order valence-electron chi connectivity index (χ0n) is 7.14. The molecule has 0 aromatic heterocycles. The summed E-state index contributed by atoms with van der Waals surface area (Å²) in [5.41, 5.74) is 2.60. The zero-order valence-corrected chi connectivity index (χ0v) is 7.14. The van der Waals surface area contributed by atoms with Crippen molar-refractivity contribution >= 4 is 0 Å². The highest BCUT2D eigenvalue weighted by molar-refractivity contribution is 5.31. The minimum Gasteiger partial charge on any atom is -0.396 e. The van der Waals surface area contributed by atoms with E-state index in [-0.39, 0.29) is 18.6 Å². The van der Waals surface area contributed by atoms with Gasteiger partial charge in [-0.2, -0.15) is 0 Å². The fourth-order valence-electron chi connectivity index (χ4n) is 2.23. The van der Waals surface area contributed by atoms with Gasteiger partial charge in [0.05, 0.1) is 13.2 Å². The maximum atomic E-state index is 9.16.